The van der Waals surface area contributed by atoms with E-state index in [1.54, 1.807) is 0 Å². The highest BCUT2D eigenvalue weighted by atomic mass is 79.9. The maximum atomic E-state index is 13.3. The molecule has 3 nitrogen and oxygen atoms in total. The largest absolute Gasteiger partial charge is 0.462 e. The number of alkyl halides is 2. The van der Waals surface area contributed by atoms with Gasteiger partial charge in [-0.2, -0.15) is 8.78 Å². The van der Waals surface area contributed by atoms with Crippen LogP contribution in [-0.2, 0) is 9.53 Å². The number of hydrogen-bond acceptors (Lipinski definition) is 3. The van der Waals surface area contributed by atoms with Crippen molar-refractivity contribution in [2.45, 2.75) is 25.7 Å². The predicted molar refractivity (Wildman–Crippen MR) is 69.2 cm³/mol. The van der Waals surface area contributed by atoms with Crippen LogP contribution in [0.25, 0.3) is 0 Å². The van der Waals surface area contributed by atoms with Gasteiger partial charge in [0.1, 0.15) is 5.82 Å². The first-order valence-corrected chi connectivity index (χ1v) is 6.60. The number of ketones is 1. The van der Waals surface area contributed by atoms with Gasteiger partial charge in [-0.05, 0) is 41.1 Å². The van der Waals surface area contributed by atoms with E-state index < -0.39 is 36.3 Å². The van der Waals surface area contributed by atoms with Gasteiger partial charge in [-0.3, -0.25) is 4.79 Å². The molecule has 20 heavy (non-hydrogen) atoms. The maximum Gasteiger partial charge on any atom is 0.376 e. The molecule has 0 saturated heterocycles. The zero-order chi connectivity index (χ0) is 15.3. The van der Waals surface area contributed by atoms with Gasteiger partial charge in [0.05, 0.1) is 6.61 Å². The topological polar surface area (TPSA) is 43.4 Å². The maximum absolute atomic E-state index is 13.3. The molecule has 1 aromatic carbocycles. The van der Waals surface area contributed by atoms with Gasteiger partial charge in [0, 0.05) is 22.9 Å². The second kappa shape index (κ2) is 6.88. The van der Waals surface area contributed by atoms with E-state index in [9.17, 15) is 22.8 Å². The molecule has 0 aliphatic heterocycles. The summed E-state index contributed by atoms with van der Waals surface area (Å²) in [4.78, 5) is 22.7. The first-order chi connectivity index (χ1) is 9.27. The Morgan fingerprint density at radius 1 is 1.35 bits per heavy atom. The number of halogens is 4. The minimum Gasteiger partial charge on any atom is -0.462 e. The lowest BCUT2D eigenvalue weighted by molar-refractivity contribution is -0.172. The standard InChI is InChI=1S/C13H12BrF3O3/c1-2-20-12(19)13(16,17)6-5-11(18)9-4-3-8(15)7-10(9)14/h3-4,7H,2,5-6H2,1H3. The van der Waals surface area contributed by atoms with Gasteiger partial charge >= 0.3 is 11.9 Å². The number of Topliss-reactive ketones (excluding diaryl/α,β-unsaturated/α-hetero) is 1. The van der Waals surface area contributed by atoms with Gasteiger partial charge in [-0.1, -0.05) is 0 Å². The zero-order valence-corrected chi connectivity index (χ0v) is 12.2. The molecule has 0 saturated carbocycles. The molecule has 110 valence electrons. The molecule has 0 heterocycles. The molecule has 7 heteroatoms. The number of carbonyl (C=O) groups excluding carboxylic acids is 2. The summed E-state index contributed by atoms with van der Waals surface area (Å²) in [6.45, 7) is 1.25. The molecule has 1 aromatic rings. The first kappa shape index (κ1) is 16.7. The van der Waals surface area contributed by atoms with Crippen LogP contribution in [0.5, 0.6) is 0 Å². The van der Waals surface area contributed by atoms with Gasteiger partial charge in [-0.15, -0.1) is 0 Å². The van der Waals surface area contributed by atoms with Gasteiger partial charge in [0.15, 0.2) is 5.78 Å². The van der Waals surface area contributed by atoms with E-state index in [0.717, 1.165) is 12.1 Å². The first-order valence-electron chi connectivity index (χ1n) is 5.81. The summed E-state index contributed by atoms with van der Waals surface area (Å²) in [6.07, 6.45) is -1.50. The van der Waals surface area contributed by atoms with Crippen LogP contribution in [0.4, 0.5) is 13.2 Å². The summed E-state index contributed by atoms with van der Waals surface area (Å²) in [5.41, 5.74) is 0.0889. The minimum absolute atomic E-state index is 0.0889. The fourth-order valence-electron chi connectivity index (χ4n) is 1.46. The molecule has 1 rings (SSSR count). The second-order valence-corrected chi connectivity index (χ2v) is 4.83. The normalized spacial score (nSPS) is 11.2. The van der Waals surface area contributed by atoms with E-state index in [4.69, 9.17) is 0 Å². The Hall–Kier alpha value is -1.37. The molecule has 0 spiro atoms. The number of esters is 1. The summed E-state index contributed by atoms with van der Waals surface area (Å²) in [5, 5.41) is 0. The fraction of sp³-hybridized carbons (Fsp3) is 0.385. The molecule has 0 unspecified atom stereocenters. The molecule has 0 bridgehead atoms. The monoisotopic (exact) mass is 352 g/mol. The third-order valence-electron chi connectivity index (χ3n) is 2.47. The Morgan fingerprint density at radius 3 is 2.55 bits per heavy atom. The van der Waals surface area contributed by atoms with Crippen molar-refractivity contribution in [3.63, 3.8) is 0 Å². The van der Waals surface area contributed by atoms with Crippen LogP contribution in [0.15, 0.2) is 22.7 Å². The van der Waals surface area contributed by atoms with Crippen molar-refractivity contribution in [2.24, 2.45) is 0 Å². The summed E-state index contributed by atoms with van der Waals surface area (Å²) < 4.78 is 44.0. The van der Waals surface area contributed by atoms with Gasteiger partial charge in [-0.25, -0.2) is 9.18 Å². The minimum atomic E-state index is -3.71. The van der Waals surface area contributed by atoms with Crippen LogP contribution in [0, 0.1) is 5.82 Å². The lowest BCUT2D eigenvalue weighted by Crippen LogP contribution is -2.31. The Morgan fingerprint density at radius 2 is 2.00 bits per heavy atom. The molecular weight excluding hydrogens is 341 g/mol. The molecule has 0 fully saturated rings. The van der Waals surface area contributed by atoms with Crippen LogP contribution >= 0.6 is 15.9 Å². The number of hydrogen-bond donors (Lipinski definition) is 0. The van der Waals surface area contributed by atoms with Gasteiger partial charge < -0.3 is 4.74 Å². The molecule has 0 N–H and O–H groups in total. The lowest BCUT2D eigenvalue weighted by atomic mass is 10.0. The Balaban J connectivity index is 2.70. The quantitative estimate of drug-likeness (QED) is 0.578. The average Bonchev–Trinajstić information content (AvgIpc) is 2.36. The van der Waals surface area contributed by atoms with Crippen molar-refractivity contribution in [1.29, 1.82) is 0 Å². The molecule has 0 amide bonds. The summed E-state index contributed by atoms with van der Waals surface area (Å²) >= 11 is 2.98. The summed E-state index contributed by atoms with van der Waals surface area (Å²) in [5.74, 6) is -6.52. The van der Waals surface area contributed by atoms with Crippen molar-refractivity contribution in [1.82, 2.24) is 0 Å². The van der Waals surface area contributed by atoms with Crippen LogP contribution in [0.1, 0.15) is 30.1 Å². The third kappa shape index (κ3) is 4.33. The number of ether oxygens (including phenoxy) is 1. The van der Waals surface area contributed by atoms with Crippen LogP contribution in [-0.4, -0.2) is 24.3 Å². The molecule has 0 aromatic heterocycles. The van der Waals surface area contributed by atoms with Crippen LogP contribution in [0.2, 0.25) is 0 Å². The van der Waals surface area contributed by atoms with Crippen molar-refractivity contribution < 1.29 is 27.5 Å². The number of rotatable bonds is 6. The molecule has 0 aliphatic rings. The second-order valence-electron chi connectivity index (χ2n) is 3.97. The number of carbonyl (C=O) groups is 2. The molecule has 0 radical (unpaired) electrons. The smallest absolute Gasteiger partial charge is 0.376 e. The Labute approximate surface area is 122 Å². The van der Waals surface area contributed by atoms with E-state index in [1.165, 1.54) is 13.0 Å². The van der Waals surface area contributed by atoms with E-state index in [1.807, 2.05) is 0 Å². The van der Waals surface area contributed by atoms with Gasteiger partial charge in [0.2, 0.25) is 0 Å². The molecule has 0 atom stereocenters. The van der Waals surface area contributed by atoms with E-state index >= 15 is 0 Å². The predicted octanol–water partition coefficient (Wildman–Crippen LogP) is 3.75. The van der Waals surface area contributed by atoms with Gasteiger partial charge in [0.25, 0.3) is 0 Å². The molecular formula is C13H12BrF3O3. The van der Waals surface area contributed by atoms with Crippen molar-refractivity contribution in [3.05, 3.63) is 34.1 Å². The summed E-state index contributed by atoms with van der Waals surface area (Å²) in [6, 6.07) is 3.32. The van der Waals surface area contributed by atoms with Crippen molar-refractivity contribution >= 4 is 27.7 Å². The Kier molecular flexibility index (Phi) is 5.74. The highest BCUT2D eigenvalue weighted by Crippen LogP contribution is 2.25. The SMILES string of the molecule is CCOC(=O)C(F)(F)CCC(=O)c1ccc(F)cc1Br. The van der Waals surface area contributed by atoms with Crippen molar-refractivity contribution in [2.75, 3.05) is 6.61 Å². The van der Waals surface area contributed by atoms with Crippen LogP contribution < -0.4 is 0 Å². The Bertz CT molecular complexity index is 518. The van der Waals surface area contributed by atoms with E-state index in [2.05, 4.69) is 20.7 Å². The zero-order valence-electron chi connectivity index (χ0n) is 10.6. The fourth-order valence-corrected chi connectivity index (χ4v) is 2.03. The highest BCUT2D eigenvalue weighted by molar-refractivity contribution is 9.10. The van der Waals surface area contributed by atoms with Crippen LogP contribution in [0.3, 0.4) is 0 Å². The number of benzene rings is 1. The average molecular weight is 353 g/mol. The van der Waals surface area contributed by atoms with E-state index in [0.29, 0.717) is 0 Å². The third-order valence-corrected chi connectivity index (χ3v) is 3.13. The van der Waals surface area contributed by atoms with Crippen molar-refractivity contribution in [3.8, 4) is 0 Å². The highest BCUT2D eigenvalue weighted by Gasteiger charge is 2.40. The summed E-state index contributed by atoms with van der Waals surface area (Å²) in [7, 11) is 0. The molecule has 0 aliphatic carbocycles. The lowest BCUT2D eigenvalue weighted by Gasteiger charge is -2.14. The van der Waals surface area contributed by atoms with E-state index in [-0.39, 0.29) is 16.6 Å².